The summed E-state index contributed by atoms with van der Waals surface area (Å²) >= 11 is 0. The fraction of sp³-hybridized carbons (Fsp3) is 0.235. The number of hydrogen-bond donors (Lipinski definition) is 2. The molecule has 0 amide bonds. The lowest BCUT2D eigenvalue weighted by Crippen LogP contribution is -2.24. The summed E-state index contributed by atoms with van der Waals surface area (Å²) < 4.78 is 7.59. The number of benzene rings is 2. The van der Waals surface area contributed by atoms with Crippen molar-refractivity contribution < 1.29 is 9.84 Å². The number of nitrogens with two attached hydrogens (primary N) is 1. The number of aromatic nitrogens is 2. The van der Waals surface area contributed by atoms with Gasteiger partial charge in [-0.05, 0) is 43.3 Å². The highest BCUT2D eigenvalue weighted by molar-refractivity contribution is 5.75. The first-order valence-corrected chi connectivity index (χ1v) is 7.22. The van der Waals surface area contributed by atoms with Crippen molar-refractivity contribution in [3.05, 3.63) is 54.4 Å². The lowest BCUT2D eigenvalue weighted by atomic mass is 10.3. The second-order valence-electron chi connectivity index (χ2n) is 5.29. The number of ether oxygens (including phenoxy) is 1. The maximum Gasteiger partial charge on any atom is 0.119 e. The molecule has 0 unspecified atom stereocenters. The maximum atomic E-state index is 10.2. The molecular formula is C17H19N3O2. The van der Waals surface area contributed by atoms with Crippen LogP contribution in [0.2, 0.25) is 0 Å². The van der Waals surface area contributed by atoms with Crippen molar-refractivity contribution in [1.29, 1.82) is 0 Å². The zero-order valence-electron chi connectivity index (χ0n) is 12.4. The molecular weight excluding hydrogens is 278 g/mol. The van der Waals surface area contributed by atoms with E-state index in [9.17, 15) is 5.11 Å². The molecule has 3 aromatic rings. The third kappa shape index (κ3) is 3.04. The molecule has 2 aromatic carbocycles. The SMILES string of the molecule is Cc1nc2ccccc2n1C[C@@H](O)COc1ccc(N)cc1. The highest BCUT2D eigenvalue weighted by Crippen LogP contribution is 2.17. The van der Waals surface area contributed by atoms with Gasteiger partial charge in [-0.3, -0.25) is 0 Å². The minimum Gasteiger partial charge on any atom is -0.491 e. The quantitative estimate of drug-likeness (QED) is 0.709. The van der Waals surface area contributed by atoms with Gasteiger partial charge in [-0.1, -0.05) is 12.1 Å². The van der Waals surface area contributed by atoms with Crippen LogP contribution >= 0.6 is 0 Å². The average molecular weight is 297 g/mol. The monoisotopic (exact) mass is 297 g/mol. The van der Waals surface area contributed by atoms with Gasteiger partial charge in [0, 0.05) is 5.69 Å². The van der Waals surface area contributed by atoms with Gasteiger partial charge < -0.3 is 20.1 Å². The molecule has 5 nitrogen and oxygen atoms in total. The number of anilines is 1. The standard InChI is InChI=1S/C17H19N3O2/c1-12-19-16-4-2-3-5-17(16)20(12)10-14(21)11-22-15-8-6-13(18)7-9-15/h2-9,14,21H,10-11,18H2,1H3/t14-/m1/s1. The molecule has 1 atom stereocenters. The van der Waals surface area contributed by atoms with E-state index >= 15 is 0 Å². The van der Waals surface area contributed by atoms with Crippen LogP contribution in [-0.4, -0.2) is 27.4 Å². The Kier molecular flexibility index (Phi) is 3.98. The van der Waals surface area contributed by atoms with Crippen molar-refractivity contribution in [3.8, 4) is 5.75 Å². The van der Waals surface area contributed by atoms with Crippen LogP contribution < -0.4 is 10.5 Å². The fourth-order valence-electron chi connectivity index (χ4n) is 2.45. The highest BCUT2D eigenvalue weighted by Gasteiger charge is 2.12. The molecule has 1 heterocycles. The molecule has 0 aliphatic heterocycles. The Bertz CT molecular complexity index is 765. The van der Waals surface area contributed by atoms with Crippen LogP contribution in [0.4, 0.5) is 5.69 Å². The lowest BCUT2D eigenvalue weighted by molar-refractivity contribution is 0.0929. The minimum atomic E-state index is -0.617. The Hall–Kier alpha value is -2.53. The Balaban J connectivity index is 1.67. The molecule has 114 valence electrons. The van der Waals surface area contributed by atoms with E-state index in [4.69, 9.17) is 10.5 Å². The molecule has 3 N–H and O–H groups in total. The van der Waals surface area contributed by atoms with E-state index in [2.05, 4.69) is 4.98 Å². The van der Waals surface area contributed by atoms with E-state index in [1.54, 1.807) is 24.3 Å². The predicted molar refractivity (Wildman–Crippen MR) is 86.8 cm³/mol. The van der Waals surface area contributed by atoms with Gasteiger partial charge in [0.1, 0.15) is 24.3 Å². The summed E-state index contributed by atoms with van der Waals surface area (Å²) in [4.78, 5) is 4.49. The van der Waals surface area contributed by atoms with E-state index in [1.165, 1.54) is 0 Å². The van der Waals surface area contributed by atoms with Crippen LogP contribution in [0.25, 0.3) is 11.0 Å². The summed E-state index contributed by atoms with van der Waals surface area (Å²) in [6, 6.07) is 15.0. The van der Waals surface area contributed by atoms with E-state index < -0.39 is 6.10 Å². The number of aliphatic hydroxyl groups is 1. The number of imidazole rings is 1. The average Bonchev–Trinajstić information content (AvgIpc) is 2.83. The summed E-state index contributed by atoms with van der Waals surface area (Å²) in [5.74, 6) is 1.58. The highest BCUT2D eigenvalue weighted by atomic mass is 16.5. The number of aryl methyl sites for hydroxylation is 1. The first kappa shape index (κ1) is 14.4. The van der Waals surface area contributed by atoms with Crippen LogP contribution in [0.1, 0.15) is 5.82 Å². The molecule has 5 heteroatoms. The molecule has 0 fully saturated rings. The molecule has 0 radical (unpaired) electrons. The number of nitrogen functional groups attached to an aromatic ring is 1. The fourth-order valence-corrected chi connectivity index (χ4v) is 2.45. The normalized spacial score (nSPS) is 12.5. The van der Waals surface area contributed by atoms with Gasteiger partial charge in [0.05, 0.1) is 17.6 Å². The number of aliphatic hydroxyl groups excluding tert-OH is 1. The van der Waals surface area contributed by atoms with Crippen LogP contribution in [0.15, 0.2) is 48.5 Å². The van der Waals surface area contributed by atoms with Crippen LogP contribution in [0, 0.1) is 6.92 Å². The van der Waals surface area contributed by atoms with E-state index in [1.807, 2.05) is 35.8 Å². The number of nitrogens with zero attached hydrogens (tertiary/aromatic N) is 2. The Morgan fingerprint density at radius 2 is 1.91 bits per heavy atom. The third-order valence-corrected chi connectivity index (χ3v) is 3.56. The molecule has 22 heavy (non-hydrogen) atoms. The Morgan fingerprint density at radius 3 is 2.68 bits per heavy atom. The first-order chi connectivity index (χ1) is 10.6. The van der Waals surface area contributed by atoms with E-state index in [-0.39, 0.29) is 6.61 Å². The second kappa shape index (κ2) is 6.07. The molecule has 0 aliphatic rings. The van der Waals surface area contributed by atoms with E-state index in [0.717, 1.165) is 16.9 Å². The molecule has 0 bridgehead atoms. The zero-order valence-corrected chi connectivity index (χ0v) is 12.4. The molecule has 0 saturated carbocycles. The van der Waals surface area contributed by atoms with Crippen LogP contribution in [0.5, 0.6) is 5.75 Å². The lowest BCUT2D eigenvalue weighted by Gasteiger charge is -2.15. The molecule has 0 saturated heterocycles. The van der Waals surface area contributed by atoms with Crippen molar-refractivity contribution in [2.45, 2.75) is 19.6 Å². The first-order valence-electron chi connectivity index (χ1n) is 7.22. The summed E-state index contributed by atoms with van der Waals surface area (Å²) in [6.45, 7) is 2.60. The number of para-hydroxylation sites is 2. The second-order valence-corrected chi connectivity index (χ2v) is 5.29. The Morgan fingerprint density at radius 1 is 1.18 bits per heavy atom. The number of fused-ring (bicyclic) bond motifs is 1. The van der Waals surface area contributed by atoms with Gasteiger partial charge in [0.15, 0.2) is 0 Å². The van der Waals surface area contributed by atoms with Gasteiger partial charge in [-0.2, -0.15) is 0 Å². The van der Waals surface area contributed by atoms with Crippen molar-refractivity contribution in [2.75, 3.05) is 12.3 Å². The molecule has 0 spiro atoms. The summed E-state index contributed by atoms with van der Waals surface area (Å²) in [5, 5.41) is 10.2. The third-order valence-electron chi connectivity index (χ3n) is 3.56. The minimum absolute atomic E-state index is 0.218. The summed E-state index contributed by atoms with van der Waals surface area (Å²) in [7, 11) is 0. The summed E-state index contributed by atoms with van der Waals surface area (Å²) in [6.07, 6.45) is -0.617. The van der Waals surface area contributed by atoms with Crippen molar-refractivity contribution >= 4 is 16.7 Å². The molecule has 1 aromatic heterocycles. The smallest absolute Gasteiger partial charge is 0.119 e. The zero-order chi connectivity index (χ0) is 15.5. The molecule has 3 rings (SSSR count). The topological polar surface area (TPSA) is 73.3 Å². The largest absolute Gasteiger partial charge is 0.491 e. The van der Waals surface area contributed by atoms with Crippen LogP contribution in [-0.2, 0) is 6.54 Å². The van der Waals surface area contributed by atoms with Crippen LogP contribution in [0.3, 0.4) is 0 Å². The Labute approximate surface area is 129 Å². The summed E-state index contributed by atoms with van der Waals surface area (Å²) in [5.41, 5.74) is 8.27. The van der Waals surface area contributed by atoms with Gasteiger partial charge in [0.2, 0.25) is 0 Å². The van der Waals surface area contributed by atoms with E-state index in [0.29, 0.717) is 18.0 Å². The maximum absolute atomic E-state index is 10.2. The predicted octanol–water partition coefficient (Wildman–Crippen LogP) is 2.37. The van der Waals surface area contributed by atoms with Gasteiger partial charge in [-0.15, -0.1) is 0 Å². The van der Waals surface area contributed by atoms with Crippen molar-refractivity contribution in [1.82, 2.24) is 9.55 Å². The number of hydrogen-bond acceptors (Lipinski definition) is 4. The van der Waals surface area contributed by atoms with Gasteiger partial charge in [0.25, 0.3) is 0 Å². The van der Waals surface area contributed by atoms with Gasteiger partial charge in [-0.25, -0.2) is 4.98 Å². The van der Waals surface area contributed by atoms with Crippen molar-refractivity contribution in [2.24, 2.45) is 0 Å². The van der Waals surface area contributed by atoms with Gasteiger partial charge >= 0.3 is 0 Å². The number of rotatable bonds is 5. The van der Waals surface area contributed by atoms with Crippen molar-refractivity contribution in [3.63, 3.8) is 0 Å². The molecule has 0 aliphatic carbocycles.